The molecule has 3 N–H and O–H groups in total. The van der Waals surface area contributed by atoms with Crippen molar-refractivity contribution in [2.75, 3.05) is 7.11 Å². The van der Waals surface area contributed by atoms with Crippen LogP contribution in [0, 0.1) is 45.3 Å². The Morgan fingerprint density at radius 2 is 1.62 bits per heavy atom. The van der Waals surface area contributed by atoms with Crippen LogP contribution in [-0.2, 0) is 14.3 Å². The molecule has 3 saturated carbocycles. The van der Waals surface area contributed by atoms with Gasteiger partial charge in [0.15, 0.2) is 0 Å². The van der Waals surface area contributed by atoms with Crippen LogP contribution in [0.25, 0.3) is 0 Å². The van der Waals surface area contributed by atoms with E-state index in [1.165, 1.54) is 0 Å². The zero-order chi connectivity index (χ0) is 28.2. The van der Waals surface area contributed by atoms with Crippen molar-refractivity contribution in [1.82, 2.24) is 0 Å². The number of carboxylic acids is 1. The van der Waals surface area contributed by atoms with Gasteiger partial charge in [-0.15, -0.1) is 0 Å². The number of methoxy groups -OCH3 is 1. The molecule has 9 atom stereocenters. The molecule has 0 aromatic carbocycles. The van der Waals surface area contributed by atoms with Crippen molar-refractivity contribution in [2.45, 2.75) is 130 Å². The van der Waals surface area contributed by atoms with Gasteiger partial charge in [0.2, 0.25) is 0 Å². The first-order chi connectivity index (χ1) is 16.8. The molecule has 6 heteroatoms. The maximum Gasteiger partial charge on any atom is 0.303 e. The summed E-state index contributed by atoms with van der Waals surface area (Å²) >= 11 is 0. The minimum atomic E-state index is -0.891. The highest BCUT2D eigenvalue weighted by Crippen LogP contribution is 2.74. The molecular weight excluding hydrogens is 468 g/mol. The Morgan fingerprint density at radius 3 is 2.16 bits per heavy atom. The van der Waals surface area contributed by atoms with Crippen molar-refractivity contribution in [2.24, 2.45) is 45.3 Å². The van der Waals surface area contributed by atoms with Crippen LogP contribution in [0.4, 0.5) is 0 Å². The normalized spacial score (nSPS) is 42.0. The summed E-state index contributed by atoms with van der Waals surface area (Å²) < 4.78 is 5.57. The fourth-order valence-electron chi connectivity index (χ4n) is 9.86. The lowest BCUT2D eigenvalue weighted by Crippen LogP contribution is -2.65. The number of aldehydes is 1. The van der Waals surface area contributed by atoms with E-state index in [4.69, 9.17) is 4.74 Å². The third-order valence-corrected chi connectivity index (χ3v) is 12.2. The Kier molecular flexibility index (Phi) is 8.17. The summed E-state index contributed by atoms with van der Waals surface area (Å²) in [5, 5.41) is 33.5. The smallest absolute Gasteiger partial charge is 0.303 e. The topological polar surface area (TPSA) is 104 Å². The van der Waals surface area contributed by atoms with E-state index in [0.29, 0.717) is 12.8 Å². The van der Waals surface area contributed by atoms with Gasteiger partial charge >= 0.3 is 5.97 Å². The van der Waals surface area contributed by atoms with E-state index in [1.807, 2.05) is 20.8 Å². The molecule has 0 saturated heterocycles. The van der Waals surface area contributed by atoms with Gasteiger partial charge in [-0.1, -0.05) is 34.6 Å². The van der Waals surface area contributed by atoms with Crippen molar-refractivity contribution >= 4 is 12.3 Å². The third kappa shape index (κ3) is 5.04. The lowest BCUT2D eigenvalue weighted by molar-refractivity contribution is -0.227. The number of aliphatic hydroxyl groups is 2. The molecule has 0 unspecified atom stereocenters. The zero-order valence-electron chi connectivity index (χ0n) is 24.9. The van der Waals surface area contributed by atoms with Crippen molar-refractivity contribution in [1.29, 1.82) is 0 Å². The lowest BCUT2D eigenvalue weighted by atomic mass is 9.36. The van der Waals surface area contributed by atoms with E-state index in [0.717, 1.165) is 44.8 Å². The molecule has 0 heterocycles. The summed E-state index contributed by atoms with van der Waals surface area (Å²) in [6, 6.07) is 0. The van der Waals surface area contributed by atoms with Gasteiger partial charge in [-0.3, -0.25) is 4.79 Å². The number of hydrogen-bond acceptors (Lipinski definition) is 5. The van der Waals surface area contributed by atoms with Gasteiger partial charge in [-0.05, 0) is 112 Å². The second-order valence-electron chi connectivity index (χ2n) is 15.1. The monoisotopic (exact) mass is 522 g/mol. The summed E-state index contributed by atoms with van der Waals surface area (Å²) in [7, 11) is 1.72. The first-order valence-electron chi connectivity index (χ1n) is 14.4. The Bertz CT molecular complexity index is 864. The molecule has 3 aliphatic rings. The number of carbonyl (C=O) groups is 2. The van der Waals surface area contributed by atoms with Crippen LogP contribution >= 0.6 is 0 Å². The molecule has 0 aromatic heterocycles. The fraction of sp³-hybridized carbons (Fsp3) is 0.935. The quantitative estimate of drug-likeness (QED) is 0.310. The van der Waals surface area contributed by atoms with E-state index in [2.05, 4.69) is 34.6 Å². The molecule has 0 amide bonds. The first-order valence-corrected chi connectivity index (χ1v) is 14.4. The summed E-state index contributed by atoms with van der Waals surface area (Å²) in [6.07, 6.45) is 6.77. The van der Waals surface area contributed by atoms with E-state index in [9.17, 15) is 24.9 Å². The standard InChI is InChI=1S/C31H54O6/c1-26(2,19-32)22-12-16-29(6)23(28(22,5)18-24(34)35)17-21(33)25-20(11-15-30(25,29)7)31(8,36)14-10-13-27(3,4)37-9/h19-23,25,33,36H,10-18H2,1-9H3,(H,34,35)/t20-,21+,22-,23+,25-,28-,29+,30+,31+/m0/s1. The average Bonchev–Trinajstić information content (AvgIpc) is 3.15. The van der Waals surface area contributed by atoms with E-state index < -0.39 is 28.5 Å². The van der Waals surface area contributed by atoms with Crippen molar-refractivity contribution in [3.8, 4) is 0 Å². The second kappa shape index (κ2) is 9.89. The van der Waals surface area contributed by atoms with Gasteiger partial charge in [0.05, 0.1) is 23.7 Å². The third-order valence-electron chi connectivity index (χ3n) is 12.2. The van der Waals surface area contributed by atoms with Gasteiger partial charge in [-0.2, -0.15) is 0 Å². The molecule has 214 valence electrons. The van der Waals surface area contributed by atoms with Gasteiger partial charge in [0.25, 0.3) is 0 Å². The first kappa shape index (κ1) is 30.6. The van der Waals surface area contributed by atoms with Crippen LogP contribution in [-0.4, -0.2) is 52.0 Å². The van der Waals surface area contributed by atoms with Crippen molar-refractivity contribution in [3.63, 3.8) is 0 Å². The molecule has 3 fully saturated rings. The Hall–Kier alpha value is -0.980. The minimum Gasteiger partial charge on any atom is -0.481 e. The number of ether oxygens (including phenoxy) is 1. The van der Waals surface area contributed by atoms with E-state index in [-0.39, 0.29) is 46.5 Å². The summed E-state index contributed by atoms with van der Waals surface area (Å²) in [4.78, 5) is 24.3. The number of carboxylic acid groups (broad SMARTS) is 1. The largest absolute Gasteiger partial charge is 0.481 e. The number of fused-ring (bicyclic) bond motifs is 3. The van der Waals surface area contributed by atoms with Gasteiger partial charge in [-0.25, -0.2) is 0 Å². The molecule has 6 nitrogen and oxygen atoms in total. The Balaban J connectivity index is 1.96. The molecule has 0 spiro atoms. The number of aliphatic hydroxyl groups excluding tert-OH is 1. The Labute approximate surface area is 224 Å². The van der Waals surface area contributed by atoms with Gasteiger partial charge in [0, 0.05) is 12.5 Å². The van der Waals surface area contributed by atoms with E-state index in [1.54, 1.807) is 7.11 Å². The highest BCUT2D eigenvalue weighted by atomic mass is 16.5. The van der Waals surface area contributed by atoms with Crippen LogP contribution in [0.5, 0.6) is 0 Å². The van der Waals surface area contributed by atoms with Gasteiger partial charge in [0.1, 0.15) is 6.29 Å². The van der Waals surface area contributed by atoms with Crippen LogP contribution < -0.4 is 0 Å². The Morgan fingerprint density at radius 1 is 1.03 bits per heavy atom. The molecule has 0 radical (unpaired) electrons. The second-order valence-corrected chi connectivity index (χ2v) is 15.1. The maximum absolute atomic E-state index is 12.2. The number of hydrogen-bond donors (Lipinski definition) is 3. The minimum absolute atomic E-state index is 0.000904. The predicted octanol–water partition coefficient (Wildman–Crippen LogP) is 5.87. The lowest BCUT2D eigenvalue weighted by Gasteiger charge is -2.68. The SMILES string of the molecule is COC(C)(C)CCC[C@@](C)(O)[C@H]1CC[C@]2(C)[C@@H]1[C@H](O)C[C@@H]1[C@@](C)(CC(=O)O)[C@H](C(C)(C)C=O)CC[C@]12C. The summed E-state index contributed by atoms with van der Waals surface area (Å²) in [6.45, 7) is 16.6. The fourth-order valence-corrected chi connectivity index (χ4v) is 9.86. The molecule has 0 aliphatic heterocycles. The average molecular weight is 523 g/mol. The highest BCUT2D eigenvalue weighted by molar-refractivity contribution is 5.68. The molecular formula is C31H54O6. The highest BCUT2D eigenvalue weighted by Gasteiger charge is 2.70. The van der Waals surface area contributed by atoms with Crippen LogP contribution in [0.2, 0.25) is 0 Å². The van der Waals surface area contributed by atoms with Crippen LogP contribution in [0.1, 0.15) is 113 Å². The molecule has 3 rings (SSSR count). The van der Waals surface area contributed by atoms with Crippen LogP contribution in [0.15, 0.2) is 0 Å². The molecule has 37 heavy (non-hydrogen) atoms. The van der Waals surface area contributed by atoms with Gasteiger partial charge < -0.3 is 24.9 Å². The van der Waals surface area contributed by atoms with Crippen molar-refractivity contribution < 1.29 is 29.6 Å². The summed E-state index contributed by atoms with van der Waals surface area (Å²) in [5.74, 6) is -0.971. The molecule has 0 bridgehead atoms. The zero-order valence-corrected chi connectivity index (χ0v) is 24.9. The van der Waals surface area contributed by atoms with E-state index >= 15 is 0 Å². The molecule has 0 aromatic rings. The number of carbonyl (C=O) groups excluding carboxylic acids is 1. The summed E-state index contributed by atoms with van der Waals surface area (Å²) in [5.41, 5.74) is -2.76. The maximum atomic E-state index is 12.2. The number of rotatable bonds is 10. The molecule has 3 aliphatic carbocycles. The predicted molar refractivity (Wildman–Crippen MR) is 145 cm³/mol. The van der Waals surface area contributed by atoms with Crippen LogP contribution in [0.3, 0.4) is 0 Å². The van der Waals surface area contributed by atoms with Crippen molar-refractivity contribution in [3.05, 3.63) is 0 Å². The number of aliphatic carboxylic acids is 1.